The van der Waals surface area contributed by atoms with Crippen molar-refractivity contribution < 1.29 is 4.39 Å². The molecule has 0 aliphatic carbocycles. The van der Waals surface area contributed by atoms with Crippen molar-refractivity contribution in [2.45, 2.75) is 6.92 Å². The Balaban J connectivity index is 1.54. The molecule has 0 saturated heterocycles. The molecule has 0 aliphatic rings. The van der Waals surface area contributed by atoms with Crippen LogP contribution in [0.3, 0.4) is 0 Å². The van der Waals surface area contributed by atoms with E-state index < -0.39 is 0 Å². The fourth-order valence-corrected chi connectivity index (χ4v) is 3.74. The van der Waals surface area contributed by atoms with Crippen LogP contribution in [-0.2, 0) is 0 Å². The number of imidazole rings is 1. The second-order valence-electron chi connectivity index (χ2n) is 7.47. The van der Waals surface area contributed by atoms with Gasteiger partial charge in [0, 0.05) is 41.1 Å². The van der Waals surface area contributed by atoms with Crippen LogP contribution in [-0.4, -0.2) is 19.4 Å². The fourth-order valence-electron chi connectivity index (χ4n) is 3.74. The summed E-state index contributed by atoms with van der Waals surface area (Å²) >= 11 is 0. The van der Waals surface area contributed by atoms with Crippen LogP contribution < -0.4 is 5.32 Å². The number of aryl methyl sites for hydroxylation is 1. The number of nitrogens with one attached hydrogen (secondary N) is 1. The summed E-state index contributed by atoms with van der Waals surface area (Å²) in [6, 6.07) is 18.3. The summed E-state index contributed by atoms with van der Waals surface area (Å²) in [5.41, 5.74) is 6.65. The highest BCUT2D eigenvalue weighted by Gasteiger charge is 2.13. The Kier molecular flexibility index (Phi) is 4.95. The summed E-state index contributed by atoms with van der Waals surface area (Å²) in [4.78, 5) is 13.2. The van der Waals surface area contributed by atoms with Crippen molar-refractivity contribution >= 4 is 16.9 Å². The first-order valence-electron chi connectivity index (χ1n) is 10.2. The van der Waals surface area contributed by atoms with Gasteiger partial charge in [0.1, 0.15) is 5.82 Å². The number of benzene rings is 2. The molecule has 0 bridgehead atoms. The molecule has 0 aliphatic heterocycles. The first kappa shape index (κ1) is 19.6. The second-order valence-corrected chi connectivity index (χ2v) is 7.47. The van der Waals surface area contributed by atoms with Gasteiger partial charge in [0.05, 0.1) is 11.7 Å². The molecule has 5 nitrogen and oxygen atoms in total. The molecular weight excluding hydrogens is 401 g/mol. The molecule has 6 heteroatoms. The smallest absolute Gasteiger partial charge is 0.196 e. The minimum absolute atomic E-state index is 0.270. The summed E-state index contributed by atoms with van der Waals surface area (Å²) in [7, 11) is 0. The van der Waals surface area contributed by atoms with Gasteiger partial charge in [0.25, 0.3) is 0 Å². The van der Waals surface area contributed by atoms with E-state index in [1.165, 1.54) is 12.1 Å². The van der Waals surface area contributed by atoms with Gasteiger partial charge < -0.3 is 5.32 Å². The molecule has 0 radical (unpaired) electrons. The molecule has 0 fully saturated rings. The third kappa shape index (κ3) is 3.63. The average molecular weight is 421 g/mol. The van der Waals surface area contributed by atoms with Gasteiger partial charge in [0.15, 0.2) is 11.6 Å². The number of anilines is 1. The number of pyridine rings is 1. The van der Waals surface area contributed by atoms with E-state index in [1.807, 2.05) is 29.8 Å². The first-order chi connectivity index (χ1) is 15.6. The first-order valence-corrected chi connectivity index (χ1v) is 10.2. The lowest BCUT2D eigenvalue weighted by Crippen LogP contribution is -2.00. The van der Waals surface area contributed by atoms with Gasteiger partial charge in [-0.2, -0.15) is 0 Å². The van der Waals surface area contributed by atoms with Crippen molar-refractivity contribution in [2.24, 2.45) is 0 Å². The van der Waals surface area contributed by atoms with Crippen LogP contribution in [0.2, 0.25) is 0 Å². The van der Waals surface area contributed by atoms with Crippen molar-refractivity contribution in [3.63, 3.8) is 0 Å². The predicted octanol–water partition coefficient (Wildman–Crippen LogP) is 5.99. The molecule has 5 aromatic rings. The predicted molar refractivity (Wildman–Crippen MR) is 125 cm³/mol. The van der Waals surface area contributed by atoms with Gasteiger partial charge in [-0.25, -0.2) is 19.3 Å². The molecular formula is C26H20FN5. The van der Waals surface area contributed by atoms with Gasteiger partial charge in [-0.1, -0.05) is 24.8 Å². The zero-order chi connectivity index (χ0) is 22.1. The molecule has 0 saturated carbocycles. The Morgan fingerprint density at radius 1 is 0.969 bits per heavy atom. The minimum Gasteiger partial charge on any atom is -0.356 e. The lowest BCUT2D eigenvalue weighted by molar-refractivity contribution is 0.628. The molecule has 5 rings (SSSR count). The van der Waals surface area contributed by atoms with Crippen LogP contribution in [0.15, 0.2) is 92.0 Å². The molecule has 1 N–H and O–H groups in total. The van der Waals surface area contributed by atoms with E-state index >= 15 is 0 Å². The summed E-state index contributed by atoms with van der Waals surface area (Å²) < 4.78 is 15.2. The highest BCUT2D eigenvalue weighted by Crippen LogP contribution is 2.31. The molecule has 3 aromatic heterocycles. The van der Waals surface area contributed by atoms with E-state index in [0.717, 1.165) is 39.2 Å². The Hall–Kier alpha value is -4.32. The van der Waals surface area contributed by atoms with Crippen molar-refractivity contribution in [3.05, 3.63) is 109 Å². The van der Waals surface area contributed by atoms with Gasteiger partial charge in [-0.15, -0.1) is 0 Å². The molecule has 32 heavy (non-hydrogen) atoms. The largest absolute Gasteiger partial charge is 0.356 e. The number of nitrogens with zero attached hydrogens (tertiary/aromatic N) is 4. The van der Waals surface area contributed by atoms with Gasteiger partial charge in [0.2, 0.25) is 0 Å². The summed E-state index contributed by atoms with van der Waals surface area (Å²) in [6.07, 6.45) is 7.21. The summed E-state index contributed by atoms with van der Waals surface area (Å²) in [5.74, 6) is 0.997. The Morgan fingerprint density at radius 3 is 2.53 bits per heavy atom. The Bertz CT molecular complexity index is 1420. The van der Waals surface area contributed by atoms with Crippen molar-refractivity contribution in [2.75, 3.05) is 5.32 Å². The van der Waals surface area contributed by atoms with Gasteiger partial charge >= 0.3 is 0 Å². The number of aromatic nitrogens is 4. The zero-order valence-corrected chi connectivity index (χ0v) is 17.5. The summed E-state index contributed by atoms with van der Waals surface area (Å²) in [6.45, 7) is 6.25. The number of hydrogen-bond acceptors (Lipinski definition) is 4. The van der Waals surface area contributed by atoms with Crippen LogP contribution in [0.1, 0.15) is 11.1 Å². The van der Waals surface area contributed by atoms with E-state index in [0.29, 0.717) is 11.6 Å². The maximum Gasteiger partial charge on any atom is 0.196 e. The SMILES string of the molecule is C=C(Nc1ccc(F)cc1)c1cc(-c2cccn3c(-c4ncccn4)ncc23)ccc1C. The Labute approximate surface area is 185 Å². The molecule has 0 amide bonds. The highest BCUT2D eigenvalue weighted by atomic mass is 19.1. The van der Waals surface area contributed by atoms with Crippen molar-refractivity contribution in [3.8, 4) is 22.8 Å². The molecule has 156 valence electrons. The minimum atomic E-state index is -0.270. The monoisotopic (exact) mass is 421 g/mol. The molecule has 2 aromatic carbocycles. The normalized spacial score (nSPS) is 10.9. The van der Waals surface area contributed by atoms with Crippen LogP contribution in [0.25, 0.3) is 34.0 Å². The van der Waals surface area contributed by atoms with Crippen molar-refractivity contribution in [1.82, 2.24) is 19.4 Å². The van der Waals surface area contributed by atoms with Crippen LogP contribution in [0, 0.1) is 12.7 Å². The number of halogens is 1. The van der Waals surface area contributed by atoms with Crippen LogP contribution >= 0.6 is 0 Å². The molecule has 3 heterocycles. The quantitative estimate of drug-likeness (QED) is 0.379. The highest BCUT2D eigenvalue weighted by molar-refractivity contribution is 5.85. The van der Waals surface area contributed by atoms with Gasteiger partial charge in [-0.05, 0) is 60.5 Å². The summed E-state index contributed by atoms with van der Waals surface area (Å²) in [5, 5.41) is 3.27. The van der Waals surface area contributed by atoms with Crippen LogP contribution in [0.5, 0.6) is 0 Å². The molecule has 0 atom stereocenters. The number of rotatable bonds is 5. The van der Waals surface area contributed by atoms with E-state index in [1.54, 1.807) is 30.6 Å². The van der Waals surface area contributed by atoms with Crippen molar-refractivity contribution in [1.29, 1.82) is 0 Å². The lowest BCUT2D eigenvalue weighted by Gasteiger charge is -2.15. The average Bonchev–Trinajstić information content (AvgIpc) is 3.26. The van der Waals surface area contributed by atoms with Gasteiger partial charge in [-0.3, -0.25) is 4.40 Å². The third-order valence-corrected chi connectivity index (χ3v) is 5.35. The van der Waals surface area contributed by atoms with E-state index in [-0.39, 0.29) is 5.82 Å². The number of fused-ring (bicyclic) bond motifs is 1. The molecule has 0 unspecified atom stereocenters. The van der Waals surface area contributed by atoms with E-state index in [4.69, 9.17) is 0 Å². The second kappa shape index (κ2) is 8.07. The topological polar surface area (TPSA) is 55.1 Å². The zero-order valence-electron chi connectivity index (χ0n) is 17.5. The molecule has 0 spiro atoms. The van der Waals surface area contributed by atoms with E-state index in [9.17, 15) is 4.39 Å². The fraction of sp³-hybridized carbons (Fsp3) is 0.0385. The standard InChI is InChI=1S/C26H20FN5/c1-17-6-7-19(15-23(17)18(2)31-21-10-8-20(27)9-11-21)22-5-3-14-32-24(22)16-30-26(32)25-28-12-4-13-29-25/h3-16,31H,2H2,1H3. The van der Waals surface area contributed by atoms with Crippen LogP contribution in [0.4, 0.5) is 10.1 Å². The maximum atomic E-state index is 13.2. The Morgan fingerprint density at radius 2 is 1.75 bits per heavy atom. The van der Waals surface area contributed by atoms with E-state index in [2.05, 4.69) is 51.1 Å². The third-order valence-electron chi connectivity index (χ3n) is 5.35. The lowest BCUT2D eigenvalue weighted by atomic mass is 9.98. The maximum absolute atomic E-state index is 13.2. The number of hydrogen-bond donors (Lipinski definition) is 1.